The molecule has 3 heteroatoms. The molecule has 0 radical (unpaired) electrons. The van der Waals surface area contributed by atoms with Gasteiger partial charge < -0.3 is 10.1 Å². The molecule has 0 fully saturated rings. The first-order valence-corrected chi connectivity index (χ1v) is 9.27. The zero-order valence-electron chi connectivity index (χ0n) is 17.1. The number of ether oxygens (including phenoxy) is 1. The minimum atomic E-state index is -0.518. The summed E-state index contributed by atoms with van der Waals surface area (Å²) in [6, 6.07) is 12.2. The summed E-state index contributed by atoms with van der Waals surface area (Å²) in [5.41, 5.74) is 5.56. The van der Waals surface area contributed by atoms with Crippen molar-refractivity contribution in [1.29, 1.82) is 0 Å². The lowest BCUT2D eigenvalue weighted by atomic mass is 9.87. The first-order chi connectivity index (χ1) is 12.1. The lowest BCUT2D eigenvalue weighted by molar-refractivity contribution is -0.122. The molecule has 26 heavy (non-hydrogen) atoms. The second-order valence-corrected chi connectivity index (χ2v) is 8.05. The predicted octanol–water partition coefficient (Wildman–Crippen LogP) is 5.71. The summed E-state index contributed by atoms with van der Waals surface area (Å²) < 4.78 is 5.96. The largest absolute Gasteiger partial charge is 0.481 e. The Morgan fingerprint density at radius 2 is 1.58 bits per heavy atom. The quantitative estimate of drug-likeness (QED) is 0.748. The molecule has 2 rings (SSSR count). The smallest absolute Gasteiger partial charge is 0.265 e. The Kier molecular flexibility index (Phi) is 6.12. The van der Waals surface area contributed by atoms with Gasteiger partial charge in [0.25, 0.3) is 5.91 Å². The van der Waals surface area contributed by atoms with Crippen molar-refractivity contribution in [3.8, 4) is 5.75 Å². The fourth-order valence-electron chi connectivity index (χ4n) is 3.10. The number of nitrogens with one attached hydrogen (secondary N) is 1. The number of carbonyl (C=O) groups is 1. The van der Waals surface area contributed by atoms with Crippen molar-refractivity contribution < 1.29 is 9.53 Å². The molecule has 2 aromatic carbocycles. The van der Waals surface area contributed by atoms with E-state index in [-0.39, 0.29) is 11.3 Å². The van der Waals surface area contributed by atoms with Gasteiger partial charge in [0, 0.05) is 5.69 Å². The first-order valence-electron chi connectivity index (χ1n) is 9.27. The van der Waals surface area contributed by atoms with E-state index >= 15 is 0 Å². The third kappa shape index (κ3) is 4.87. The number of anilines is 1. The standard InChI is InChI=1S/C23H31NO2/c1-8-20(26-19-11-9-18(10-12-19)23(5,6)7)22(25)24-21-16(3)13-15(2)14-17(21)4/h9-14,20H,8H2,1-7H3,(H,24,25)/t20-/m0/s1. The molecular weight excluding hydrogens is 322 g/mol. The van der Waals surface area contributed by atoms with Gasteiger partial charge in [0.15, 0.2) is 6.10 Å². The van der Waals surface area contributed by atoms with Crippen molar-refractivity contribution in [1.82, 2.24) is 0 Å². The number of hydrogen-bond acceptors (Lipinski definition) is 2. The third-order valence-electron chi connectivity index (χ3n) is 4.59. The van der Waals surface area contributed by atoms with Crippen molar-refractivity contribution in [3.63, 3.8) is 0 Å². The van der Waals surface area contributed by atoms with Gasteiger partial charge in [-0.2, -0.15) is 0 Å². The van der Waals surface area contributed by atoms with Gasteiger partial charge in [-0.15, -0.1) is 0 Å². The van der Waals surface area contributed by atoms with E-state index in [4.69, 9.17) is 4.74 Å². The zero-order chi connectivity index (χ0) is 19.5. The molecule has 2 aromatic rings. The third-order valence-corrected chi connectivity index (χ3v) is 4.59. The summed E-state index contributed by atoms with van der Waals surface area (Å²) in [5.74, 6) is 0.611. The molecule has 0 heterocycles. The minimum absolute atomic E-state index is 0.0978. The number of amides is 1. The Morgan fingerprint density at radius 3 is 2.04 bits per heavy atom. The Labute approximate surface area is 157 Å². The normalized spacial score (nSPS) is 12.6. The monoisotopic (exact) mass is 353 g/mol. The highest BCUT2D eigenvalue weighted by Gasteiger charge is 2.20. The number of carbonyl (C=O) groups excluding carboxylic acids is 1. The number of benzene rings is 2. The molecule has 0 saturated carbocycles. The van der Waals surface area contributed by atoms with Crippen molar-refractivity contribution in [2.24, 2.45) is 0 Å². The second-order valence-electron chi connectivity index (χ2n) is 8.05. The molecule has 1 N–H and O–H groups in total. The summed E-state index contributed by atoms with van der Waals surface area (Å²) >= 11 is 0. The molecule has 0 aliphatic heterocycles. The SMILES string of the molecule is CC[C@H](Oc1ccc(C(C)(C)C)cc1)C(=O)Nc1c(C)cc(C)cc1C. The lowest BCUT2D eigenvalue weighted by Gasteiger charge is -2.21. The molecule has 1 amide bonds. The van der Waals surface area contributed by atoms with Crippen LogP contribution in [0.5, 0.6) is 5.75 Å². The maximum absolute atomic E-state index is 12.7. The van der Waals surface area contributed by atoms with Crippen molar-refractivity contribution in [2.45, 2.75) is 66.4 Å². The molecule has 0 aliphatic carbocycles. The van der Waals surface area contributed by atoms with E-state index in [0.717, 1.165) is 22.6 Å². The van der Waals surface area contributed by atoms with Crippen LogP contribution in [0, 0.1) is 20.8 Å². The summed E-state index contributed by atoms with van der Waals surface area (Å²) in [4.78, 5) is 12.7. The molecular formula is C23H31NO2. The zero-order valence-corrected chi connectivity index (χ0v) is 17.1. The molecule has 0 unspecified atom stereocenters. The molecule has 3 nitrogen and oxygen atoms in total. The molecule has 0 aromatic heterocycles. The molecule has 140 valence electrons. The number of hydrogen-bond donors (Lipinski definition) is 1. The van der Waals surface area contributed by atoms with Crippen LogP contribution < -0.4 is 10.1 Å². The fourth-order valence-corrected chi connectivity index (χ4v) is 3.10. The van der Waals surface area contributed by atoms with Gasteiger partial charge in [-0.05, 0) is 61.4 Å². The highest BCUT2D eigenvalue weighted by molar-refractivity contribution is 5.95. The van der Waals surface area contributed by atoms with Gasteiger partial charge in [-0.3, -0.25) is 4.79 Å². The van der Waals surface area contributed by atoms with Gasteiger partial charge in [0.05, 0.1) is 0 Å². The topological polar surface area (TPSA) is 38.3 Å². The maximum Gasteiger partial charge on any atom is 0.265 e. The van der Waals surface area contributed by atoms with Gasteiger partial charge in [0.1, 0.15) is 5.75 Å². The minimum Gasteiger partial charge on any atom is -0.481 e. The predicted molar refractivity (Wildman–Crippen MR) is 109 cm³/mol. The van der Waals surface area contributed by atoms with E-state index in [9.17, 15) is 4.79 Å². The lowest BCUT2D eigenvalue weighted by Crippen LogP contribution is -2.32. The van der Waals surface area contributed by atoms with E-state index in [1.54, 1.807) is 0 Å². The van der Waals surface area contributed by atoms with Gasteiger partial charge in [-0.25, -0.2) is 0 Å². The average Bonchev–Trinajstić information content (AvgIpc) is 2.55. The second kappa shape index (κ2) is 7.94. The van der Waals surface area contributed by atoms with E-state index in [1.807, 2.05) is 32.9 Å². The highest BCUT2D eigenvalue weighted by Crippen LogP contribution is 2.26. The van der Waals surface area contributed by atoms with Crippen LogP contribution in [0.3, 0.4) is 0 Å². The van der Waals surface area contributed by atoms with Crippen LogP contribution in [-0.4, -0.2) is 12.0 Å². The number of aryl methyl sites for hydroxylation is 3. The summed E-state index contributed by atoms with van der Waals surface area (Å²) in [7, 11) is 0. The van der Waals surface area contributed by atoms with Gasteiger partial charge in [-0.1, -0.05) is 57.5 Å². The van der Waals surface area contributed by atoms with Crippen LogP contribution in [0.15, 0.2) is 36.4 Å². The van der Waals surface area contributed by atoms with Crippen molar-refractivity contribution >= 4 is 11.6 Å². The van der Waals surface area contributed by atoms with Crippen molar-refractivity contribution in [3.05, 3.63) is 58.7 Å². The van der Waals surface area contributed by atoms with Gasteiger partial charge in [0.2, 0.25) is 0 Å². The first kappa shape index (κ1) is 20.0. The van der Waals surface area contributed by atoms with Crippen molar-refractivity contribution in [2.75, 3.05) is 5.32 Å². The summed E-state index contributed by atoms with van der Waals surface area (Å²) in [5, 5.41) is 3.05. The summed E-state index contributed by atoms with van der Waals surface area (Å²) in [6.45, 7) is 14.6. The maximum atomic E-state index is 12.7. The Bertz CT molecular complexity index is 747. The van der Waals surface area contributed by atoms with Crippen LogP contribution in [0.25, 0.3) is 0 Å². The van der Waals surface area contributed by atoms with Crippen LogP contribution in [-0.2, 0) is 10.2 Å². The van der Waals surface area contributed by atoms with E-state index in [2.05, 4.69) is 57.3 Å². The molecule has 0 spiro atoms. The fraction of sp³-hybridized carbons (Fsp3) is 0.435. The Morgan fingerprint density at radius 1 is 1.04 bits per heavy atom. The Balaban J connectivity index is 2.12. The van der Waals surface area contributed by atoms with Crippen LogP contribution >= 0.6 is 0 Å². The van der Waals surface area contributed by atoms with Crippen LogP contribution in [0.4, 0.5) is 5.69 Å². The Hall–Kier alpha value is -2.29. The molecule has 0 aliphatic rings. The molecule has 1 atom stereocenters. The average molecular weight is 354 g/mol. The highest BCUT2D eigenvalue weighted by atomic mass is 16.5. The van der Waals surface area contributed by atoms with Crippen LogP contribution in [0.1, 0.15) is 56.4 Å². The van der Waals surface area contributed by atoms with E-state index in [1.165, 1.54) is 11.1 Å². The van der Waals surface area contributed by atoms with Crippen LogP contribution in [0.2, 0.25) is 0 Å². The van der Waals surface area contributed by atoms with Gasteiger partial charge >= 0.3 is 0 Å². The van der Waals surface area contributed by atoms with E-state index in [0.29, 0.717) is 6.42 Å². The van der Waals surface area contributed by atoms with E-state index < -0.39 is 6.10 Å². The molecule has 0 bridgehead atoms. The number of rotatable bonds is 5. The molecule has 0 saturated heterocycles. The summed E-state index contributed by atoms with van der Waals surface area (Å²) in [6.07, 6.45) is 0.0900.